The minimum atomic E-state index is -0.504. The predicted octanol–water partition coefficient (Wildman–Crippen LogP) is 0.643. The van der Waals surface area contributed by atoms with Gasteiger partial charge in [0.2, 0.25) is 0 Å². The topological polar surface area (TPSA) is 75.6 Å². The highest BCUT2D eigenvalue weighted by molar-refractivity contribution is 6.07. The van der Waals surface area contributed by atoms with E-state index in [1.165, 1.54) is 31.4 Å². The summed E-state index contributed by atoms with van der Waals surface area (Å²) in [7, 11) is 1.29. The lowest BCUT2D eigenvalue weighted by Crippen LogP contribution is -2.24. The zero-order chi connectivity index (χ0) is 11.3. The number of hydroxylamine groups is 1. The monoisotopic (exact) mass is 209 g/mol. The molecule has 1 amide bonds. The maximum Gasteiger partial charge on any atom is 0.251 e. The van der Waals surface area contributed by atoms with Gasteiger partial charge in [0.05, 0.1) is 13.5 Å². The number of hydrogen-bond donors (Lipinski definition) is 2. The largest absolute Gasteiger partial charge is 0.508 e. The number of hydrogen-bond acceptors (Lipinski definition) is 4. The third-order valence-corrected chi connectivity index (χ3v) is 1.73. The van der Waals surface area contributed by atoms with Crippen LogP contribution in [0.4, 0.5) is 0 Å². The molecule has 80 valence electrons. The van der Waals surface area contributed by atoms with E-state index in [0.717, 1.165) is 0 Å². The van der Waals surface area contributed by atoms with Crippen molar-refractivity contribution >= 4 is 11.7 Å². The molecule has 5 heteroatoms. The molecule has 0 heterocycles. The maximum absolute atomic E-state index is 11.4. The van der Waals surface area contributed by atoms with Gasteiger partial charge in [0.1, 0.15) is 5.75 Å². The number of phenols is 1. The van der Waals surface area contributed by atoms with Crippen LogP contribution < -0.4 is 5.48 Å². The summed E-state index contributed by atoms with van der Waals surface area (Å²) in [5, 5.41) is 8.99. The average Bonchev–Trinajstić information content (AvgIpc) is 2.18. The highest BCUT2D eigenvalue weighted by Crippen LogP contribution is 2.11. The van der Waals surface area contributed by atoms with E-state index in [4.69, 9.17) is 5.11 Å². The van der Waals surface area contributed by atoms with Crippen LogP contribution >= 0.6 is 0 Å². The normalized spacial score (nSPS) is 9.67. The van der Waals surface area contributed by atoms with Gasteiger partial charge in [-0.2, -0.15) is 0 Å². The first-order valence-electron chi connectivity index (χ1n) is 4.27. The molecule has 2 N–H and O–H groups in total. The van der Waals surface area contributed by atoms with Crippen molar-refractivity contribution in [2.75, 3.05) is 7.11 Å². The van der Waals surface area contributed by atoms with Crippen LogP contribution in [0.1, 0.15) is 16.8 Å². The minimum absolute atomic E-state index is 0.0768. The molecule has 1 aromatic carbocycles. The van der Waals surface area contributed by atoms with E-state index < -0.39 is 5.91 Å². The second-order valence-corrected chi connectivity index (χ2v) is 2.88. The Kier molecular flexibility index (Phi) is 3.82. The quantitative estimate of drug-likeness (QED) is 0.433. The second kappa shape index (κ2) is 5.11. The molecular weight excluding hydrogens is 198 g/mol. The van der Waals surface area contributed by atoms with Crippen molar-refractivity contribution in [2.45, 2.75) is 6.42 Å². The number of carbonyl (C=O) groups excluding carboxylic acids is 2. The number of phenolic OH excluding ortho intramolecular Hbond substituents is 1. The molecule has 0 saturated carbocycles. The molecule has 0 bridgehead atoms. The highest BCUT2D eigenvalue weighted by atomic mass is 16.6. The van der Waals surface area contributed by atoms with E-state index in [-0.39, 0.29) is 18.0 Å². The fourth-order valence-corrected chi connectivity index (χ4v) is 1.05. The number of rotatable bonds is 4. The molecule has 0 unspecified atom stereocenters. The molecule has 0 atom stereocenters. The van der Waals surface area contributed by atoms with Gasteiger partial charge < -0.3 is 5.11 Å². The van der Waals surface area contributed by atoms with E-state index in [2.05, 4.69) is 4.84 Å². The molecule has 1 rings (SSSR count). The van der Waals surface area contributed by atoms with Gasteiger partial charge in [0.15, 0.2) is 5.78 Å². The first-order chi connectivity index (χ1) is 7.13. The zero-order valence-electron chi connectivity index (χ0n) is 8.19. The summed E-state index contributed by atoms with van der Waals surface area (Å²) >= 11 is 0. The summed E-state index contributed by atoms with van der Waals surface area (Å²) in [4.78, 5) is 26.8. The molecule has 0 spiro atoms. The third-order valence-electron chi connectivity index (χ3n) is 1.73. The van der Waals surface area contributed by atoms with Crippen LogP contribution in [0, 0.1) is 0 Å². The summed E-state index contributed by atoms with van der Waals surface area (Å²) in [6.07, 6.45) is -0.279. The summed E-state index contributed by atoms with van der Waals surface area (Å²) in [5.74, 6) is -0.756. The fraction of sp³-hybridized carbons (Fsp3) is 0.200. The molecule has 0 radical (unpaired) electrons. The van der Waals surface area contributed by atoms with E-state index in [1.54, 1.807) is 0 Å². The molecule has 0 aliphatic rings. The van der Waals surface area contributed by atoms with Crippen molar-refractivity contribution in [3.63, 3.8) is 0 Å². The van der Waals surface area contributed by atoms with Gasteiger partial charge in [-0.3, -0.25) is 14.4 Å². The van der Waals surface area contributed by atoms with Gasteiger partial charge in [-0.05, 0) is 24.3 Å². The van der Waals surface area contributed by atoms with Crippen LogP contribution in [0.3, 0.4) is 0 Å². The Bertz CT molecular complexity index is 358. The maximum atomic E-state index is 11.4. The first-order valence-corrected chi connectivity index (χ1v) is 4.27. The van der Waals surface area contributed by atoms with Crippen LogP contribution in [-0.4, -0.2) is 23.9 Å². The summed E-state index contributed by atoms with van der Waals surface area (Å²) in [6.45, 7) is 0. The molecule has 15 heavy (non-hydrogen) atoms. The van der Waals surface area contributed by atoms with E-state index in [1.807, 2.05) is 5.48 Å². The van der Waals surface area contributed by atoms with Crippen molar-refractivity contribution in [3.8, 4) is 5.75 Å². The van der Waals surface area contributed by atoms with E-state index in [9.17, 15) is 9.59 Å². The van der Waals surface area contributed by atoms with Crippen molar-refractivity contribution in [1.82, 2.24) is 5.48 Å². The summed E-state index contributed by atoms with van der Waals surface area (Å²) < 4.78 is 0. The Hall–Kier alpha value is -1.88. The molecule has 5 nitrogen and oxygen atoms in total. The zero-order valence-corrected chi connectivity index (χ0v) is 8.19. The summed E-state index contributed by atoms with van der Waals surface area (Å²) in [6, 6.07) is 5.69. The highest BCUT2D eigenvalue weighted by Gasteiger charge is 2.11. The first kappa shape index (κ1) is 11.2. The van der Waals surface area contributed by atoms with Crippen LogP contribution in [0.2, 0.25) is 0 Å². The third kappa shape index (κ3) is 3.40. The van der Waals surface area contributed by atoms with Gasteiger partial charge in [-0.15, -0.1) is 0 Å². The van der Waals surface area contributed by atoms with Crippen molar-refractivity contribution in [3.05, 3.63) is 29.8 Å². The van der Waals surface area contributed by atoms with Crippen LogP contribution in [0.15, 0.2) is 24.3 Å². The van der Waals surface area contributed by atoms with E-state index >= 15 is 0 Å². The van der Waals surface area contributed by atoms with Gasteiger partial charge in [0, 0.05) is 5.56 Å². The lowest BCUT2D eigenvalue weighted by atomic mass is 10.1. The molecule has 0 aromatic heterocycles. The lowest BCUT2D eigenvalue weighted by molar-refractivity contribution is -0.130. The predicted molar refractivity (Wildman–Crippen MR) is 52.2 cm³/mol. The van der Waals surface area contributed by atoms with Crippen molar-refractivity contribution in [2.24, 2.45) is 0 Å². The van der Waals surface area contributed by atoms with Crippen LogP contribution in [0.5, 0.6) is 5.75 Å². The number of benzene rings is 1. The van der Waals surface area contributed by atoms with Gasteiger partial charge in [-0.25, -0.2) is 5.48 Å². The smallest absolute Gasteiger partial charge is 0.251 e. The lowest BCUT2D eigenvalue weighted by Gasteiger charge is -2.01. The SMILES string of the molecule is CONC(=O)CC(=O)c1ccc(O)cc1. The Labute approximate surface area is 86.6 Å². The Morgan fingerprint density at radius 2 is 1.93 bits per heavy atom. The molecule has 0 aliphatic carbocycles. The second-order valence-electron chi connectivity index (χ2n) is 2.88. The molecule has 1 aromatic rings. The summed E-state index contributed by atoms with van der Waals surface area (Å²) in [5.41, 5.74) is 2.42. The average molecular weight is 209 g/mol. The number of carbonyl (C=O) groups is 2. The van der Waals surface area contributed by atoms with Crippen molar-refractivity contribution in [1.29, 1.82) is 0 Å². The van der Waals surface area contributed by atoms with Gasteiger partial charge in [-0.1, -0.05) is 0 Å². The minimum Gasteiger partial charge on any atom is -0.508 e. The van der Waals surface area contributed by atoms with E-state index in [0.29, 0.717) is 5.56 Å². The number of Topliss-reactive ketones (excluding diaryl/α,β-unsaturated/α-hetero) is 1. The molecule has 0 saturated heterocycles. The number of amides is 1. The molecule has 0 aliphatic heterocycles. The number of aromatic hydroxyl groups is 1. The van der Waals surface area contributed by atoms with Crippen LogP contribution in [-0.2, 0) is 9.63 Å². The van der Waals surface area contributed by atoms with Crippen LogP contribution in [0.25, 0.3) is 0 Å². The van der Waals surface area contributed by atoms with Crippen molar-refractivity contribution < 1.29 is 19.5 Å². The number of nitrogens with one attached hydrogen (secondary N) is 1. The van der Waals surface area contributed by atoms with Gasteiger partial charge in [0.25, 0.3) is 5.91 Å². The Morgan fingerprint density at radius 1 is 1.33 bits per heavy atom. The Morgan fingerprint density at radius 3 is 2.47 bits per heavy atom. The fourth-order valence-electron chi connectivity index (χ4n) is 1.05. The van der Waals surface area contributed by atoms with Gasteiger partial charge >= 0.3 is 0 Å². The number of ketones is 1. The molecule has 0 fully saturated rings. The Balaban J connectivity index is 2.61. The molecular formula is C10H11NO4. The standard InChI is InChI=1S/C10H11NO4/c1-15-11-10(14)6-9(13)7-2-4-8(12)5-3-7/h2-5,12H,6H2,1H3,(H,11,14).